The van der Waals surface area contributed by atoms with Crippen LogP contribution in [0.5, 0.6) is 0 Å². The Morgan fingerprint density at radius 3 is 2.67 bits per heavy atom. The van der Waals surface area contributed by atoms with Crippen molar-refractivity contribution in [2.75, 3.05) is 30.5 Å². The van der Waals surface area contributed by atoms with Gasteiger partial charge in [-0.2, -0.15) is 24.4 Å². The minimum atomic E-state index is 0.790. The van der Waals surface area contributed by atoms with Gasteiger partial charge in [-0.05, 0) is 12.2 Å². The summed E-state index contributed by atoms with van der Waals surface area (Å²) in [6.07, 6.45) is 4.04. The Kier molecular flexibility index (Phi) is 12.3. The quantitative estimate of drug-likeness (QED) is 0.461. The van der Waals surface area contributed by atoms with Crippen LogP contribution >= 0.6 is 24.4 Å². The molecule has 0 aliphatic carbocycles. The molecule has 0 fully saturated rings. The van der Waals surface area contributed by atoms with Gasteiger partial charge in [0.15, 0.2) is 0 Å². The van der Waals surface area contributed by atoms with Crippen LogP contribution in [0.4, 0.5) is 0 Å². The maximum atomic E-state index is 5.29. The van der Waals surface area contributed by atoms with Crippen LogP contribution in [0.2, 0.25) is 0 Å². The molecule has 0 saturated carbocycles. The summed E-state index contributed by atoms with van der Waals surface area (Å²) in [7, 11) is 0. The van der Waals surface area contributed by atoms with Gasteiger partial charge >= 0.3 is 0 Å². The molecule has 0 heterocycles. The number of unbranched alkanes of at least 4 members (excludes halogenated alkanes) is 2. The van der Waals surface area contributed by atoms with Gasteiger partial charge in [0.2, 0.25) is 0 Å². The number of thioether (sulfide) groups is 1. The highest BCUT2D eigenvalue weighted by atomic mass is 32.2. The minimum Gasteiger partial charge on any atom is -0.380 e. The summed E-state index contributed by atoms with van der Waals surface area (Å²) in [5.74, 6) is 3.26. The van der Waals surface area contributed by atoms with E-state index in [-0.39, 0.29) is 0 Å². The molecule has 0 bridgehead atoms. The smallest absolute Gasteiger partial charge is 0.0557 e. The van der Waals surface area contributed by atoms with E-state index in [9.17, 15) is 0 Å². The summed E-state index contributed by atoms with van der Waals surface area (Å²) in [6, 6.07) is 0. The van der Waals surface area contributed by atoms with E-state index in [2.05, 4.69) is 19.6 Å². The predicted molar refractivity (Wildman–Crippen MR) is 61.5 cm³/mol. The molecule has 0 aliphatic rings. The Hall–Kier alpha value is 0.660. The topological polar surface area (TPSA) is 9.23 Å². The van der Waals surface area contributed by atoms with Gasteiger partial charge in [0.25, 0.3) is 0 Å². The lowest BCUT2D eigenvalue weighted by Gasteiger charge is -2.01. The lowest BCUT2D eigenvalue weighted by Crippen LogP contribution is -2.00. The van der Waals surface area contributed by atoms with E-state index in [0.29, 0.717) is 0 Å². The first-order chi connectivity index (χ1) is 5.91. The van der Waals surface area contributed by atoms with Gasteiger partial charge in [-0.15, -0.1) is 0 Å². The van der Waals surface area contributed by atoms with Gasteiger partial charge in [0.05, 0.1) is 13.2 Å². The monoisotopic (exact) mass is 208 g/mol. The number of hydrogen-bond acceptors (Lipinski definition) is 3. The molecule has 0 spiro atoms. The minimum absolute atomic E-state index is 0.790. The average Bonchev–Trinajstić information content (AvgIpc) is 2.10. The Morgan fingerprint density at radius 1 is 1.17 bits per heavy atom. The third kappa shape index (κ3) is 10.7. The third-order valence-electron chi connectivity index (χ3n) is 1.50. The molecule has 0 aromatic rings. The van der Waals surface area contributed by atoms with Crippen LogP contribution in [-0.4, -0.2) is 30.5 Å². The number of rotatable bonds is 9. The molecule has 0 unspecified atom stereocenters. The molecule has 74 valence electrons. The Balaban J connectivity index is 2.73. The zero-order valence-corrected chi connectivity index (χ0v) is 9.63. The first kappa shape index (κ1) is 12.7. The van der Waals surface area contributed by atoms with E-state index < -0.39 is 0 Å². The summed E-state index contributed by atoms with van der Waals surface area (Å²) in [4.78, 5) is 0. The maximum absolute atomic E-state index is 5.29. The second kappa shape index (κ2) is 11.7. The average molecular weight is 208 g/mol. The number of thiol groups is 1. The van der Waals surface area contributed by atoms with E-state index in [4.69, 9.17) is 4.74 Å². The normalized spacial score (nSPS) is 10.5. The lowest BCUT2D eigenvalue weighted by molar-refractivity contribution is 0.167. The summed E-state index contributed by atoms with van der Waals surface area (Å²) >= 11 is 6.05. The van der Waals surface area contributed by atoms with Crippen LogP contribution in [0.15, 0.2) is 0 Å². The maximum Gasteiger partial charge on any atom is 0.0557 e. The molecule has 0 aromatic carbocycles. The van der Waals surface area contributed by atoms with Crippen molar-refractivity contribution in [1.29, 1.82) is 0 Å². The molecule has 0 N–H and O–H groups in total. The standard InChI is InChI=1S/C9H20OS2/c1-2-3-4-8-12-9-6-10-5-7-11/h11H,2-9H2,1H3. The van der Waals surface area contributed by atoms with Crippen LogP contribution in [0, 0.1) is 0 Å². The summed E-state index contributed by atoms with van der Waals surface area (Å²) in [6.45, 7) is 3.91. The van der Waals surface area contributed by atoms with Crippen LogP contribution in [0.25, 0.3) is 0 Å². The van der Waals surface area contributed by atoms with Crippen molar-refractivity contribution in [3.63, 3.8) is 0 Å². The molecule has 1 nitrogen and oxygen atoms in total. The Morgan fingerprint density at radius 2 is 2.00 bits per heavy atom. The van der Waals surface area contributed by atoms with Gasteiger partial charge < -0.3 is 4.74 Å². The molecule has 0 amide bonds. The molecule has 0 atom stereocenters. The zero-order valence-electron chi connectivity index (χ0n) is 7.92. The van der Waals surface area contributed by atoms with E-state index in [1.54, 1.807) is 0 Å². The van der Waals surface area contributed by atoms with Crippen molar-refractivity contribution in [2.45, 2.75) is 26.2 Å². The summed E-state index contributed by atoms with van der Waals surface area (Å²) in [5.41, 5.74) is 0. The molecule has 0 aliphatic heterocycles. The third-order valence-corrected chi connectivity index (χ3v) is 2.72. The van der Waals surface area contributed by atoms with Gasteiger partial charge in [-0.3, -0.25) is 0 Å². The molecular formula is C9H20OS2. The second-order valence-electron chi connectivity index (χ2n) is 2.66. The number of ether oxygens (including phenoxy) is 1. The van der Waals surface area contributed by atoms with Crippen LogP contribution in [-0.2, 0) is 4.74 Å². The Labute approximate surface area is 86.1 Å². The fourth-order valence-corrected chi connectivity index (χ4v) is 1.82. The van der Waals surface area contributed by atoms with Crippen molar-refractivity contribution in [3.05, 3.63) is 0 Å². The highest BCUT2D eigenvalue weighted by Crippen LogP contribution is 2.05. The van der Waals surface area contributed by atoms with Gasteiger partial charge in [-0.25, -0.2) is 0 Å². The van der Waals surface area contributed by atoms with Gasteiger partial charge in [0.1, 0.15) is 0 Å². The second-order valence-corrected chi connectivity index (χ2v) is 4.33. The van der Waals surface area contributed by atoms with Gasteiger partial charge in [0, 0.05) is 11.5 Å². The fourth-order valence-electron chi connectivity index (χ4n) is 0.841. The van der Waals surface area contributed by atoms with Crippen molar-refractivity contribution in [3.8, 4) is 0 Å². The van der Waals surface area contributed by atoms with Crippen LogP contribution in [0.1, 0.15) is 26.2 Å². The summed E-state index contributed by atoms with van der Waals surface area (Å²) < 4.78 is 5.29. The molecule has 0 rings (SSSR count). The molecule has 0 aromatic heterocycles. The largest absolute Gasteiger partial charge is 0.380 e. The highest BCUT2D eigenvalue weighted by Gasteiger charge is 1.89. The van der Waals surface area contributed by atoms with E-state index in [1.807, 2.05) is 11.8 Å². The SMILES string of the molecule is CCCCCSCCOCCS. The first-order valence-corrected chi connectivity index (χ1v) is 6.47. The Bertz CT molecular complexity index is 68.9. The van der Waals surface area contributed by atoms with Crippen molar-refractivity contribution >= 4 is 24.4 Å². The zero-order chi connectivity index (χ0) is 9.07. The first-order valence-electron chi connectivity index (χ1n) is 4.68. The van der Waals surface area contributed by atoms with Gasteiger partial charge in [-0.1, -0.05) is 19.8 Å². The van der Waals surface area contributed by atoms with Crippen LogP contribution < -0.4 is 0 Å². The van der Waals surface area contributed by atoms with E-state index in [0.717, 1.165) is 24.7 Å². The molecular weight excluding hydrogens is 188 g/mol. The highest BCUT2D eigenvalue weighted by molar-refractivity contribution is 7.99. The van der Waals surface area contributed by atoms with Crippen molar-refractivity contribution in [1.82, 2.24) is 0 Å². The van der Waals surface area contributed by atoms with E-state index >= 15 is 0 Å². The summed E-state index contributed by atoms with van der Waals surface area (Å²) in [5, 5.41) is 0. The number of hydrogen-bond donors (Lipinski definition) is 1. The predicted octanol–water partition coefficient (Wildman–Crippen LogP) is 2.86. The van der Waals surface area contributed by atoms with Crippen molar-refractivity contribution in [2.24, 2.45) is 0 Å². The van der Waals surface area contributed by atoms with Crippen molar-refractivity contribution < 1.29 is 4.74 Å². The fraction of sp³-hybridized carbons (Fsp3) is 1.00. The lowest BCUT2D eigenvalue weighted by atomic mass is 10.3. The van der Waals surface area contributed by atoms with Crippen LogP contribution in [0.3, 0.4) is 0 Å². The molecule has 0 saturated heterocycles. The van der Waals surface area contributed by atoms with E-state index in [1.165, 1.54) is 25.0 Å². The molecule has 0 radical (unpaired) electrons. The molecule has 12 heavy (non-hydrogen) atoms. The molecule has 3 heteroatoms.